The largest absolute Gasteiger partial charge is 0.397 e. The van der Waals surface area contributed by atoms with E-state index < -0.39 is 0 Å². The molecule has 0 aliphatic carbocycles. The van der Waals surface area contributed by atoms with Crippen molar-refractivity contribution in [3.63, 3.8) is 0 Å². The van der Waals surface area contributed by atoms with Crippen molar-refractivity contribution in [3.8, 4) is 0 Å². The fourth-order valence-corrected chi connectivity index (χ4v) is 2.35. The lowest BCUT2D eigenvalue weighted by Crippen LogP contribution is -1.89. The quantitative estimate of drug-likeness (QED) is 0.920. The van der Waals surface area contributed by atoms with E-state index in [1.165, 1.54) is 11.8 Å². The zero-order chi connectivity index (χ0) is 10.7. The standard InChI is InChI=1S/C10H8BrN3S/c11-8-5-7(12)6-14-10(8)15-9-3-1-2-4-13-9/h1-6H,12H2. The third-order valence-corrected chi connectivity index (χ3v) is 3.50. The summed E-state index contributed by atoms with van der Waals surface area (Å²) in [6.45, 7) is 0. The maximum Gasteiger partial charge on any atom is 0.117 e. The van der Waals surface area contributed by atoms with Crippen LogP contribution in [0.15, 0.2) is 51.2 Å². The monoisotopic (exact) mass is 281 g/mol. The lowest BCUT2D eigenvalue weighted by molar-refractivity contribution is 1.08. The van der Waals surface area contributed by atoms with Crippen molar-refractivity contribution in [1.82, 2.24) is 9.97 Å². The molecule has 2 N–H and O–H groups in total. The van der Waals surface area contributed by atoms with E-state index >= 15 is 0 Å². The molecule has 2 heterocycles. The first-order valence-corrected chi connectivity index (χ1v) is 5.86. The normalized spacial score (nSPS) is 10.2. The Morgan fingerprint density at radius 1 is 1.27 bits per heavy atom. The number of nitrogens with two attached hydrogens (primary N) is 1. The molecule has 0 saturated heterocycles. The van der Waals surface area contributed by atoms with Gasteiger partial charge in [-0.25, -0.2) is 9.97 Å². The molecule has 2 aromatic heterocycles. The third kappa shape index (κ3) is 2.70. The number of nitrogens with zero attached hydrogens (tertiary/aromatic N) is 2. The number of anilines is 1. The first kappa shape index (κ1) is 10.4. The Balaban J connectivity index is 2.25. The second-order valence-corrected chi connectivity index (χ2v) is 4.69. The SMILES string of the molecule is Nc1cnc(Sc2ccccn2)c(Br)c1. The van der Waals surface area contributed by atoms with Gasteiger partial charge in [-0.3, -0.25) is 0 Å². The maximum atomic E-state index is 5.60. The molecule has 0 unspecified atom stereocenters. The van der Waals surface area contributed by atoms with E-state index in [0.717, 1.165) is 14.5 Å². The lowest BCUT2D eigenvalue weighted by atomic mass is 10.4. The summed E-state index contributed by atoms with van der Waals surface area (Å²) in [7, 11) is 0. The van der Waals surface area contributed by atoms with Gasteiger partial charge in [-0.05, 0) is 45.9 Å². The van der Waals surface area contributed by atoms with Gasteiger partial charge in [0.05, 0.1) is 16.4 Å². The van der Waals surface area contributed by atoms with E-state index in [4.69, 9.17) is 5.73 Å². The van der Waals surface area contributed by atoms with Crippen LogP contribution in [0, 0.1) is 0 Å². The topological polar surface area (TPSA) is 51.8 Å². The van der Waals surface area contributed by atoms with Crippen molar-refractivity contribution in [3.05, 3.63) is 41.1 Å². The van der Waals surface area contributed by atoms with Crippen LogP contribution in [-0.4, -0.2) is 9.97 Å². The number of rotatable bonds is 2. The summed E-state index contributed by atoms with van der Waals surface area (Å²) < 4.78 is 0.887. The molecule has 0 aliphatic heterocycles. The Labute approximate surface area is 100 Å². The molecule has 0 fully saturated rings. The summed E-state index contributed by atoms with van der Waals surface area (Å²) in [5.74, 6) is 0. The van der Waals surface area contributed by atoms with Crippen molar-refractivity contribution in [1.29, 1.82) is 0 Å². The molecular weight excluding hydrogens is 274 g/mol. The Morgan fingerprint density at radius 3 is 2.80 bits per heavy atom. The fourth-order valence-electron chi connectivity index (χ4n) is 1.02. The van der Waals surface area contributed by atoms with Gasteiger partial charge in [0, 0.05) is 6.20 Å². The highest BCUT2D eigenvalue weighted by molar-refractivity contribution is 9.10. The molecular formula is C10H8BrN3S. The number of hydrogen-bond acceptors (Lipinski definition) is 4. The van der Waals surface area contributed by atoms with Crippen LogP contribution >= 0.6 is 27.7 Å². The molecule has 5 heteroatoms. The minimum absolute atomic E-state index is 0.646. The maximum absolute atomic E-state index is 5.60. The van der Waals surface area contributed by atoms with E-state index in [1.807, 2.05) is 24.3 Å². The molecule has 0 saturated carbocycles. The van der Waals surface area contributed by atoms with Crippen LogP contribution in [0.1, 0.15) is 0 Å². The predicted octanol–water partition coefficient (Wildman–Crippen LogP) is 2.97. The van der Waals surface area contributed by atoms with Crippen molar-refractivity contribution in [2.75, 3.05) is 5.73 Å². The molecule has 15 heavy (non-hydrogen) atoms. The van der Waals surface area contributed by atoms with Crippen LogP contribution in [0.25, 0.3) is 0 Å². The van der Waals surface area contributed by atoms with Gasteiger partial charge in [-0.1, -0.05) is 6.07 Å². The number of pyridine rings is 2. The van der Waals surface area contributed by atoms with Crippen LogP contribution < -0.4 is 5.73 Å². The van der Waals surface area contributed by atoms with Crippen LogP contribution in [-0.2, 0) is 0 Å². The van der Waals surface area contributed by atoms with Gasteiger partial charge in [0.1, 0.15) is 10.1 Å². The van der Waals surface area contributed by atoms with E-state index in [0.29, 0.717) is 5.69 Å². The van der Waals surface area contributed by atoms with Gasteiger partial charge in [-0.15, -0.1) is 0 Å². The molecule has 0 amide bonds. The summed E-state index contributed by atoms with van der Waals surface area (Å²) in [5, 5.41) is 1.78. The smallest absolute Gasteiger partial charge is 0.117 e. The number of halogens is 1. The summed E-state index contributed by atoms with van der Waals surface area (Å²) >= 11 is 4.91. The Kier molecular flexibility index (Phi) is 3.23. The molecule has 3 nitrogen and oxygen atoms in total. The van der Waals surface area contributed by atoms with Crippen LogP contribution in [0.5, 0.6) is 0 Å². The molecule has 2 rings (SSSR count). The van der Waals surface area contributed by atoms with Gasteiger partial charge in [-0.2, -0.15) is 0 Å². The molecule has 76 valence electrons. The Morgan fingerprint density at radius 2 is 2.13 bits per heavy atom. The van der Waals surface area contributed by atoms with Crippen LogP contribution in [0.4, 0.5) is 5.69 Å². The van der Waals surface area contributed by atoms with Crippen LogP contribution in [0.2, 0.25) is 0 Å². The first-order chi connectivity index (χ1) is 7.25. The summed E-state index contributed by atoms with van der Waals surface area (Å²) in [6, 6.07) is 7.60. The second kappa shape index (κ2) is 4.63. The van der Waals surface area contributed by atoms with E-state index in [9.17, 15) is 0 Å². The van der Waals surface area contributed by atoms with E-state index in [2.05, 4.69) is 25.9 Å². The van der Waals surface area contributed by atoms with Gasteiger partial charge >= 0.3 is 0 Å². The molecule has 0 bridgehead atoms. The minimum atomic E-state index is 0.646. The summed E-state index contributed by atoms with van der Waals surface area (Å²) in [4.78, 5) is 8.43. The number of aromatic nitrogens is 2. The van der Waals surface area contributed by atoms with Gasteiger partial charge in [0.25, 0.3) is 0 Å². The predicted molar refractivity (Wildman–Crippen MR) is 64.7 cm³/mol. The summed E-state index contributed by atoms with van der Waals surface area (Å²) in [6.07, 6.45) is 3.39. The third-order valence-electron chi connectivity index (χ3n) is 1.67. The number of nitrogen functional groups attached to an aromatic ring is 1. The molecule has 0 atom stereocenters. The fraction of sp³-hybridized carbons (Fsp3) is 0. The molecule has 0 radical (unpaired) electrons. The Bertz CT molecular complexity index is 461. The molecule has 0 aromatic carbocycles. The van der Waals surface area contributed by atoms with Gasteiger partial charge in [0.15, 0.2) is 0 Å². The highest BCUT2D eigenvalue weighted by Gasteiger charge is 2.04. The molecule has 0 spiro atoms. The summed E-state index contributed by atoms with van der Waals surface area (Å²) in [5.41, 5.74) is 6.25. The zero-order valence-corrected chi connectivity index (χ0v) is 10.1. The highest BCUT2D eigenvalue weighted by Crippen LogP contribution is 2.31. The average molecular weight is 282 g/mol. The number of hydrogen-bond donors (Lipinski definition) is 1. The molecule has 2 aromatic rings. The highest BCUT2D eigenvalue weighted by atomic mass is 79.9. The van der Waals surface area contributed by atoms with Crippen molar-refractivity contribution in [2.45, 2.75) is 10.1 Å². The van der Waals surface area contributed by atoms with Gasteiger partial charge < -0.3 is 5.73 Å². The van der Waals surface area contributed by atoms with E-state index in [-0.39, 0.29) is 0 Å². The van der Waals surface area contributed by atoms with Crippen molar-refractivity contribution >= 4 is 33.4 Å². The molecule has 0 aliphatic rings. The van der Waals surface area contributed by atoms with Gasteiger partial charge in [0.2, 0.25) is 0 Å². The second-order valence-electron chi connectivity index (χ2n) is 2.83. The minimum Gasteiger partial charge on any atom is -0.397 e. The first-order valence-electron chi connectivity index (χ1n) is 4.25. The lowest BCUT2D eigenvalue weighted by Gasteiger charge is -2.02. The van der Waals surface area contributed by atoms with Crippen molar-refractivity contribution in [2.24, 2.45) is 0 Å². The Hall–Kier alpha value is -1.07. The zero-order valence-electron chi connectivity index (χ0n) is 7.72. The van der Waals surface area contributed by atoms with E-state index in [1.54, 1.807) is 12.4 Å². The van der Waals surface area contributed by atoms with Crippen LogP contribution in [0.3, 0.4) is 0 Å². The van der Waals surface area contributed by atoms with Crippen molar-refractivity contribution < 1.29 is 0 Å². The average Bonchev–Trinajstić information content (AvgIpc) is 2.24.